The standard InChI is InChI=1S/C15H19NO3/c16-14-11(12-7-8-13(14)19-12)6-3-9-1-4-10(5-2-9)15(17)18/h1-2,4-5,11-14H,3,6-8,16H2,(H,17,18)/t11-,12+,13-,14+/m0/s1. The Morgan fingerprint density at radius 2 is 1.95 bits per heavy atom. The Hall–Kier alpha value is -1.39. The number of hydrogen-bond donors (Lipinski definition) is 2. The number of aromatic carboxylic acids is 1. The molecular weight excluding hydrogens is 242 g/mol. The predicted octanol–water partition coefficient (Wildman–Crippen LogP) is 1.82. The summed E-state index contributed by atoms with van der Waals surface area (Å²) < 4.78 is 5.83. The number of rotatable bonds is 4. The van der Waals surface area contributed by atoms with Crippen LogP contribution in [0.2, 0.25) is 0 Å². The van der Waals surface area contributed by atoms with Gasteiger partial charge in [0.1, 0.15) is 0 Å². The van der Waals surface area contributed by atoms with E-state index < -0.39 is 5.97 Å². The van der Waals surface area contributed by atoms with E-state index >= 15 is 0 Å². The summed E-state index contributed by atoms with van der Waals surface area (Å²) in [4.78, 5) is 10.8. The van der Waals surface area contributed by atoms with Crippen LogP contribution in [0.3, 0.4) is 0 Å². The maximum atomic E-state index is 10.8. The second-order valence-corrected chi connectivity index (χ2v) is 5.57. The van der Waals surface area contributed by atoms with Crippen LogP contribution in [0.1, 0.15) is 35.2 Å². The highest BCUT2D eigenvalue weighted by molar-refractivity contribution is 5.87. The highest BCUT2D eigenvalue weighted by Crippen LogP contribution is 2.40. The van der Waals surface area contributed by atoms with Gasteiger partial charge in [-0.3, -0.25) is 0 Å². The molecule has 2 aliphatic rings. The average Bonchev–Trinajstić information content (AvgIpc) is 2.98. The van der Waals surface area contributed by atoms with Gasteiger partial charge in [0.25, 0.3) is 0 Å². The van der Waals surface area contributed by atoms with E-state index in [-0.39, 0.29) is 12.1 Å². The Labute approximate surface area is 112 Å². The van der Waals surface area contributed by atoms with Gasteiger partial charge in [0.05, 0.1) is 17.8 Å². The Kier molecular flexibility index (Phi) is 3.29. The fourth-order valence-electron chi connectivity index (χ4n) is 3.34. The first-order valence-electron chi connectivity index (χ1n) is 6.88. The molecule has 3 N–H and O–H groups in total. The van der Waals surface area contributed by atoms with Gasteiger partial charge in [-0.25, -0.2) is 4.79 Å². The van der Waals surface area contributed by atoms with E-state index in [1.807, 2.05) is 12.1 Å². The second-order valence-electron chi connectivity index (χ2n) is 5.57. The molecule has 2 fully saturated rings. The lowest BCUT2D eigenvalue weighted by Gasteiger charge is -2.24. The Balaban J connectivity index is 1.59. The highest BCUT2D eigenvalue weighted by atomic mass is 16.5. The summed E-state index contributed by atoms with van der Waals surface area (Å²) >= 11 is 0. The number of aryl methyl sites for hydroxylation is 1. The van der Waals surface area contributed by atoms with Crippen molar-refractivity contribution in [2.75, 3.05) is 0 Å². The van der Waals surface area contributed by atoms with Gasteiger partial charge in [0.2, 0.25) is 0 Å². The van der Waals surface area contributed by atoms with Crippen molar-refractivity contribution in [2.24, 2.45) is 11.7 Å². The summed E-state index contributed by atoms with van der Waals surface area (Å²) in [6.45, 7) is 0. The van der Waals surface area contributed by atoms with Crippen molar-refractivity contribution < 1.29 is 14.6 Å². The fourth-order valence-corrected chi connectivity index (χ4v) is 3.34. The van der Waals surface area contributed by atoms with E-state index in [0.29, 0.717) is 17.6 Å². The minimum absolute atomic E-state index is 0.178. The summed E-state index contributed by atoms with van der Waals surface area (Å²) in [5.41, 5.74) is 7.69. The largest absolute Gasteiger partial charge is 0.478 e. The number of carboxylic acid groups (broad SMARTS) is 1. The minimum Gasteiger partial charge on any atom is -0.478 e. The molecule has 0 amide bonds. The SMILES string of the molecule is N[C@@H]1[C@@H](CCc2ccc(C(=O)O)cc2)[C@H]2CC[C@@H]1O2. The molecule has 2 bridgehead atoms. The van der Waals surface area contributed by atoms with Crippen LogP contribution in [-0.2, 0) is 11.2 Å². The van der Waals surface area contributed by atoms with Crippen molar-refractivity contribution >= 4 is 5.97 Å². The van der Waals surface area contributed by atoms with Gasteiger partial charge < -0.3 is 15.6 Å². The number of carbonyl (C=O) groups is 1. The summed E-state index contributed by atoms with van der Waals surface area (Å²) in [6.07, 6.45) is 4.82. The Bertz CT molecular complexity index is 469. The third-order valence-electron chi connectivity index (χ3n) is 4.45. The second kappa shape index (κ2) is 4.94. The van der Waals surface area contributed by atoms with Crippen LogP contribution in [-0.4, -0.2) is 29.3 Å². The quantitative estimate of drug-likeness (QED) is 0.867. The lowest BCUT2D eigenvalue weighted by molar-refractivity contribution is 0.0697. The van der Waals surface area contributed by atoms with E-state index in [2.05, 4.69) is 0 Å². The van der Waals surface area contributed by atoms with Crippen molar-refractivity contribution in [1.29, 1.82) is 0 Å². The molecule has 1 aromatic rings. The summed E-state index contributed by atoms with van der Waals surface area (Å²) in [7, 11) is 0. The van der Waals surface area contributed by atoms with Crippen molar-refractivity contribution in [3.63, 3.8) is 0 Å². The van der Waals surface area contributed by atoms with Crippen LogP contribution < -0.4 is 5.73 Å². The molecule has 4 nitrogen and oxygen atoms in total. The van der Waals surface area contributed by atoms with Crippen LogP contribution in [0, 0.1) is 5.92 Å². The molecule has 4 heteroatoms. The lowest BCUT2D eigenvalue weighted by Crippen LogP contribution is -2.39. The van der Waals surface area contributed by atoms with E-state index in [0.717, 1.165) is 25.7 Å². The zero-order valence-electron chi connectivity index (χ0n) is 10.8. The van der Waals surface area contributed by atoms with Crippen LogP contribution >= 0.6 is 0 Å². The van der Waals surface area contributed by atoms with Crippen molar-refractivity contribution in [2.45, 2.75) is 43.9 Å². The van der Waals surface area contributed by atoms with Crippen LogP contribution in [0.25, 0.3) is 0 Å². The maximum absolute atomic E-state index is 10.8. The number of benzene rings is 1. The highest BCUT2D eigenvalue weighted by Gasteiger charge is 2.46. The molecule has 19 heavy (non-hydrogen) atoms. The molecule has 102 valence electrons. The monoisotopic (exact) mass is 261 g/mol. The van der Waals surface area contributed by atoms with Gasteiger partial charge in [-0.05, 0) is 43.4 Å². The van der Waals surface area contributed by atoms with Gasteiger partial charge in [0, 0.05) is 12.0 Å². The molecule has 0 unspecified atom stereocenters. The topological polar surface area (TPSA) is 72.6 Å². The molecule has 3 rings (SSSR count). The summed E-state index contributed by atoms with van der Waals surface area (Å²) in [6, 6.07) is 7.28. The number of carboxylic acids is 1. The lowest BCUT2D eigenvalue weighted by atomic mass is 9.81. The Morgan fingerprint density at radius 1 is 1.26 bits per heavy atom. The number of fused-ring (bicyclic) bond motifs is 2. The molecular formula is C15H19NO3. The number of ether oxygens (including phenoxy) is 1. The molecule has 0 saturated carbocycles. The van der Waals surface area contributed by atoms with E-state index in [4.69, 9.17) is 15.6 Å². The maximum Gasteiger partial charge on any atom is 0.335 e. The van der Waals surface area contributed by atoms with Gasteiger partial charge in [0.15, 0.2) is 0 Å². The smallest absolute Gasteiger partial charge is 0.335 e. The molecule has 0 radical (unpaired) electrons. The first kappa shape index (κ1) is 12.6. The van der Waals surface area contributed by atoms with Crippen LogP contribution in [0.15, 0.2) is 24.3 Å². The normalized spacial score (nSPS) is 32.7. The molecule has 2 saturated heterocycles. The molecule has 0 spiro atoms. The summed E-state index contributed by atoms with van der Waals surface area (Å²) in [5, 5.41) is 8.85. The van der Waals surface area contributed by atoms with E-state index in [1.54, 1.807) is 12.1 Å². The van der Waals surface area contributed by atoms with Crippen molar-refractivity contribution in [1.82, 2.24) is 0 Å². The van der Waals surface area contributed by atoms with Crippen molar-refractivity contribution in [3.8, 4) is 0 Å². The molecule has 2 heterocycles. The Morgan fingerprint density at radius 3 is 2.53 bits per heavy atom. The average molecular weight is 261 g/mol. The molecule has 1 aromatic carbocycles. The van der Waals surface area contributed by atoms with Gasteiger partial charge >= 0.3 is 5.97 Å². The zero-order valence-corrected chi connectivity index (χ0v) is 10.8. The van der Waals surface area contributed by atoms with Crippen molar-refractivity contribution in [3.05, 3.63) is 35.4 Å². The van der Waals surface area contributed by atoms with E-state index in [9.17, 15) is 4.79 Å². The molecule has 2 aliphatic heterocycles. The fraction of sp³-hybridized carbons (Fsp3) is 0.533. The molecule has 0 aliphatic carbocycles. The zero-order chi connectivity index (χ0) is 13.4. The first-order valence-corrected chi connectivity index (χ1v) is 6.88. The van der Waals surface area contributed by atoms with Gasteiger partial charge in [-0.1, -0.05) is 12.1 Å². The number of hydrogen-bond acceptors (Lipinski definition) is 3. The third-order valence-corrected chi connectivity index (χ3v) is 4.45. The predicted molar refractivity (Wildman–Crippen MR) is 71.1 cm³/mol. The molecule has 0 aromatic heterocycles. The molecule has 4 atom stereocenters. The number of nitrogens with two attached hydrogens (primary N) is 1. The minimum atomic E-state index is -0.880. The van der Waals surface area contributed by atoms with Gasteiger partial charge in [-0.2, -0.15) is 0 Å². The van der Waals surface area contributed by atoms with E-state index in [1.165, 1.54) is 5.56 Å². The van der Waals surface area contributed by atoms with Gasteiger partial charge in [-0.15, -0.1) is 0 Å². The van der Waals surface area contributed by atoms with Crippen LogP contribution in [0.4, 0.5) is 0 Å². The van der Waals surface area contributed by atoms with Crippen LogP contribution in [0.5, 0.6) is 0 Å². The summed E-state index contributed by atoms with van der Waals surface area (Å²) in [5.74, 6) is -0.423. The first-order chi connectivity index (χ1) is 9.15. The third kappa shape index (κ3) is 2.38.